The number of hydrogen-bond donors (Lipinski definition) is 1. The van der Waals surface area contributed by atoms with Gasteiger partial charge >= 0.3 is 5.82 Å². The van der Waals surface area contributed by atoms with Gasteiger partial charge in [0.05, 0.1) is 23.9 Å². The molecule has 16 heavy (non-hydrogen) atoms. The lowest BCUT2D eigenvalue weighted by molar-refractivity contribution is -0.389. The summed E-state index contributed by atoms with van der Waals surface area (Å²) >= 11 is 0. The van der Waals surface area contributed by atoms with Crippen LogP contribution in [0.15, 0.2) is 12.3 Å². The molecule has 1 saturated heterocycles. The molecule has 1 fully saturated rings. The normalized spacial score (nSPS) is 20.9. The Morgan fingerprint density at radius 1 is 1.69 bits per heavy atom. The van der Waals surface area contributed by atoms with E-state index in [1.807, 2.05) is 0 Å². The number of piperidine rings is 1. The Hall–Kier alpha value is -1.43. The molecule has 0 radical (unpaired) electrons. The van der Waals surface area contributed by atoms with Gasteiger partial charge in [0.1, 0.15) is 0 Å². The summed E-state index contributed by atoms with van der Waals surface area (Å²) in [5.74, 6) is 0.610. The van der Waals surface area contributed by atoms with Gasteiger partial charge in [-0.25, -0.2) is 0 Å². The van der Waals surface area contributed by atoms with Gasteiger partial charge < -0.3 is 15.4 Å². The molecule has 1 atom stereocenters. The average Bonchev–Trinajstić information content (AvgIpc) is 2.76. The Morgan fingerprint density at radius 2 is 2.56 bits per heavy atom. The van der Waals surface area contributed by atoms with Gasteiger partial charge in [-0.15, -0.1) is 0 Å². The average molecular weight is 224 g/mol. The monoisotopic (exact) mass is 224 g/mol. The Bertz CT molecular complexity index is 357. The molecule has 1 aromatic heterocycles. The van der Waals surface area contributed by atoms with Crippen LogP contribution in [0.4, 0.5) is 5.82 Å². The predicted octanol–water partition coefficient (Wildman–Crippen LogP) is 1.18. The van der Waals surface area contributed by atoms with Crippen LogP contribution in [0.3, 0.4) is 0 Å². The first-order chi connectivity index (χ1) is 7.75. The van der Waals surface area contributed by atoms with Crippen molar-refractivity contribution in [2.24, 2.45) is 5.92 Å². The number of aryl methyl sites for hydroxylation is 1. The van der Waals surface area contributed by atoms with Gasteiger partial charge in [-0.1, -0.05) is 0 Å². The van der Waals surface area contributed by atoms with Crippen molar-refractivity contribution in [1.82, 2.24) is 15.1 Å². The van der Waals surface area contributed by atoms with Gasteiger partial charge in [0.15, 0.2) is 0 Å². The van der Waals surface area contributed by atoms with E-state index in [-0.39, 0.29) is 5.82 Å². The second-order valence-electron chi connectivity index (χ2n) is 4.20. The molecular weight excluding hydrogens is 208 g/mol. The van der Waals surface area contributed by atoms with Gasteiger partial charge in [0.2, 0.25) is 0 Å². The van der Waals surface area contributed by atoms with Crippen LogP contribution in [-0.4, -0.2) is 27.8 Å². The van der Waals surface area contributed by atoms with E-state index >= 15 is 0 Å². The van der Waals surface area contributed by atoms with Gasteiger partial charge in [-0.05, 0) is 43.2 Å². The number of nitrogens with one attached hydrogen (secondary N) is 1. The highest BCUT2D eigenvalue weighted by atomic mass is 16.6. The third-order valence-corrected chi connectivity index (χ3v) is 2.98. The maximum atomic E-state index is 10.4. The molecule has 1 aliphatic heterocycles. The summed E-state index contributed by atoms with van der Waals surface area (Å²) in [6, 6.07) is 1.44. The van der Waals surface area contributed by atoms with E-state index in [0.717, 1.165) is 26.1 Å². The van der Waals surface area contributed by atoms with E-state index in [0.29, 0.717) is 5.92 Å². The molecule has 1 aliphatic rings. The summed E-state index contributed by atoms with van der Waals surface area (Å²) in [6.07, 6.45) is 5.18. The Labute approximate surface area is 93.8 Å². The SMILES string of the molecule is O=[N+]([O-])c1ccn(CCC2CCCNC2)n1. The molecule has 6 heteroatoms. The second-order valence-corrected chi connectivity index (χ2v) is 4.20. The lowest BCUT2D eigenvalue weighted by Gasteiger charge is -2.21. The van der Waals surface area contributed by atoms with Crippen LogP contribution in [-0.2, 0) is 6.54 Å². The minimum absolute atomic E-state index is 0.0678. The van der Waals surface area contributed by atoms with Crippen molar-refractivity contribution in [2.45, 2.75) is 25.8 Å². The van der Waals surface area contributed by atoms with Crippen LogP contribution in [0, 0.1) is 16.0 Å². The minimum Gasteiger partial charge on any atom is -0.358 e. The number of aromatic nitrogens is 2. The summed E-state index contributed by atoms with van der Waals surface area (Å²) < 4.78 is 1.66. The van der Waals surface area contributed by atoms with Crippen molar-refractivity contribution in [3.05, 3.63) is 22.4 Å². The fraction of sp³-hybridized carbons (Fsp3) is 0.700. The summed E-state index contributed by atoms with van der Waals surface area (Å²) in [5, 5.41) is 17.7. The maximum Gasteiger partial charge on any atom is 0.389 e. The highest BCUT2D eigenvalue weighted by molar-refractivity contribution is 5.13. The van der Waals surface area contributed by atoms with Crippen molar-refractivity contribution < 1.29 is 4.92 Å². The number of nitro groups is 1. The van der Waals surface area contributed by atoms with Crippen molar-refractivity contribution in [3.63, 3.8) is 0 Å². The van der Waals surface area contributed by atoms with E-state index in [4.69, 9.17) is 0 Å². The van der Waals surface area contributed by atoms with Crippen LogP contribution in [0.1, 0.15) is 19.3 Å². The smallest absolute Gasteiger partial charge is 0.358 e. The van der Waals surface area contributed by atoms with Crippen LogP contribution in [0.5, 0.6) is 0 Å². The first kappa shape index (κ1) is 11.1. The molecule has 0 saturated carbocycles. The predicted molar refractivity (Wildman–Crippen MR) is 59.1 cm³/mol. The van der Waals surface area contributed by atoms with E-state index in [9.17, 15) is 10.1 Å². The molecular formula is C10H16N4O2. The van der Waals surface area contributed by atoms with Crippen LogP contribution in [0.25, 0.3) is 0 Å². The largest absolute Gasteiger partial charge is 0.389 e. The molecule has 0 amide bonds. The molecule has 0 aromatic carbocycles. The molecule has 1 N–H and O–H groups in total. The van der Waals surface area contributed by atoms with Crippen LogP contribution < -0.4 is 5.32 Å². The first-order valence-corrected chi connectivity index (χ1v) is 5.64. The third kappa shape index (κ3) is 2.79. The van der Waals surface area contributed by atoms with Crippen LogP contribution in [0.2, 0.25) is 0 Å². The molecule has 1 unspecified atom stereocenters. The summed E-state index contributed by atoms with van der Waals surface area (Å²) in [5.41, 5.74) is 0. The number of nitrogens with zero attached hydrogens (tertiary/aromatic N) is 3. The molecule has 88 valence electrons. The molecule has 6 nitrogen and oxygen atoms in total. The zero-order chi connectivity index (χ0) is 11.4. The summed E-state index contributed by atoms with van der Waals surface area (Å²) in [4.78, 5) is 9.98. The zero-order valence-corrected chi connectivity index (χ0v) is 9.13. The van der Waals surface area contributed by atoms with Crippen molar-refractivity contribution in [1.29, 1.82) is 0 Å². The minimum atomic E-state index is -0.460. The van der Waals surface area contributed by atoms with Gasteiger partial charge in [-0.3, -0.25) is 0 Å². The Morgan fingerprint density at radius 3 is 3.19 bits per heavy atom. The number of rotatable bonds is 4. The van der Waals surface area contributed by atoms with E-state index in [1.54, 1.807) is 10.9 Å². The molecule has 0 aliphatic carbocycles. The van der Waals surface area contributed by atoms with Crippen molar-refractivity contribution in [2.75, 3.05) is 13.1 Å². The highest BCUT2D eigenvalue weighted by Crippen LogP contribution is 2.15. The first-order valence-electron chi connectivity index (χ1n) is 5.64. The standard InChI is InChI=1S/C10H16N4O2/c15-14(16)10-4-7-13(12-10)6-3-9-2-1-5-11-8-9/h4,7,9,11H,1-3,5-6,8H2. The van der Waals surface area contributed by atoms with E-state index < -0.39 is 4.92 Å². The highest BCUT2D eigenvalue weighted by Gasteiger charge is 2.15. The van der Waals surface area contributed by atoms with E-state index in [2.05, 4.69) is 10.4 Å². The molecule has 0 bridgehead atoms. The lowest BCUT2D eigenvalue weighted by Crippen LogP contribution is -2.30. The molecule has 0 spiro atoms. The zero-order valence-electron chi connectivity index (χ0n) is 9.13. The maximum absolute atomic E-state index is 10.4. The van der Waals surface area contributed by atoms with Gasteiger partial charge in [0.25, 0.3) is 0 Å². The van der Waals surface area contributed by atoms with Crippen LogP contribution >= 0.6 is 0 Å². The molecule has 2 rings (SSSR count). The fourth-order valence-corrected chi connectivity index (χ4v) is 2.06. The topological polar surface area (TPSA) is 73.0 Å². The second kappa shape index (κ2) is 5.07. The lowest BCUT2D eigenvalue weighted by atomic mass is 9.96. The van der Waals surface area contributed by atoms with E-state index in [1.165, 1.54) is 18.9 Å². The van der Waals surface area contributed by atoms with Crippen molar-refractivity contribution >= 4 is 5.82 Å². The van der Waals surface area contributed by atoms with Crippen molar-refractivity contribution in [3.8, 4) is 0 Å². The quantitative estimate of drug-likeness (QED) is 0.615. The summed E-state index contributed by atoms with van der Waals surface area (Å²) in [7, 11) is 0. The third-order valence-electron chi connectivity index (χ3n) is 2.98. The Balaban J connectivity index is 1.81. The molecule has 2 heterocycles. The number of hydrogen-bond acceptors (Lipinski definition) is 4. The summed E-state index contributed by atoms with van der Waals surface area (Å²) in [6.45, 7) is 2.94. The van der Waals surface area contributed by atoms with Gasteiger partial charge in [0, 0.05) is 0 Å². The Kier molecular flexibility index (Phi) is 3.51. The van der Waals surface area contributed by atoms with Gasteiger partial charge in [-0.2, -0.15) is 4.68 Å². The molecule has 1 aromatic rings. The fourth-order valence-electron chi connectivity index (χ4n) is 2.06.